The highest BCUT2D eigenvalue weighted by Crippen LogP contribution is 2.36. The maximum Gasteiger partial charge on any atom is 0.451 e. The van der Waals surface area contributed by atoms with E-state index < -0.39 is 12.0 Å². The summed E-state index contributed by atoms with van der Waals surface area (Å²) in [6.45, 7) is 0. The number of alkyl halides is 3. The Hall–Kier alpha value is -1.47. The fourth-order valence-corrected chi connectivity index (χ4v) is 2.57. The van der Waals surface area contributed by atoms with Crippen molar-refractivity contribution in [2.75, 3.05) is 7.11 Å². The molecule has 0 fully saturated rings. The Bertz CT molecular complexity index is 622. The highest BCUT2D eigenvalue weighted by molar-refractivity contribution is 7.99. The molecule has 2 aromatic rings. The number of methoxy groups -OCH3 is 1. The van der Waals surface area contributed by atoms with Crippen LogP contribution in [0.5, 0.6) is 5.75 Å². The van der Waals surface area contributed by atoms with E-state index in [1.165, 1.54) is 13.2 Å². The molecule has 1 aromatic heterocycles. The number of ether oxygens (including phenoxy) is 1. The third-order valence-electron chi connectivity index (χ3n) is 2.21. The van der Waals surface area contributed by atoms with Gasteiger partial charge in [-0.15, -0.1) is 0 Å². The summed E-state index contributed by atoms with van der Waals surface area (Å²) >= 11 is 6.62. The molecule has 2 rings (SSSR count). The molecule has 0 aliphatic carbocycles. The molecule has 0 amide bonds. The van der Waals surface area contributed by atoms with Crippen LogP contribution in [0.15, 0.2) is 40.3 Å². The molecule has 0 bridgehead atoms. The monoisotopic (exact) mass is 320 g/mol. The summed E-state index contributed by atoms with van der Waals surface area (Å²) in [4.78, 5) is 7.27. The molecule has 0 saturated carbocycles. The first-order chi connectivity index (χ1) is 9.40. The molecule has 0 unspecified atom stereocenters. The van der Waals surface area contributed by atoms with Gasteiger partial charge in [-0.05, 0) is 12.1 Å². The molecule has 0 saturated heterocycles. The fourth-order valence-electron chi connectivity index (χ4n) is 1.39. The Morgan fingerprint density at radius 3 is 2.55 bits per heavy atom. The predicted octanol–water partition coefficient (Wildman–Crippen LogP) is 4.31. The van der Waals surface area contributed by atoms with Crippen molar-refractivity contribution in [3.8, 4) is 5.75 Å². The molecule has 0 aliphatic heterocycles. The van der Waals surface area contributed by atoms with Crippen LogP contribution in [0, 0.1) is 0 Å². The van der Waals surface area contributed by atoms with E-state index >= 15 is 0 Å². The van der Waals surface area contributed by atoms with Gasteiger partial charge in [0.2, 0.25) is 5.82 Å². The molecular formula is C12H8ClF3N2OS. The summed E-state index contributed by atoms with van der Waals surface area (Å²) in [6.07, 6.45) is -4.64. The van der Waals surface area contributed by atoms with Gasteiger partial charge in [-0.1, -0.05) is 35.5 Å². The number of para-hydroxylation sites is 1. The van der Waals surface area contributed by atoms with Crippen molar-refractivity contribution in [2.45, 2.75) is 16.1 Å². The Labute approximate surface area is 122 Å². The van der Waals surface area contributed by atoms with Gasteiger partial charge in [-0.3, -0.25) is 0 Å². The summed E-state index contributed by atoms with van der Waals surface area (Å²) in [5, 5.41) is -0.161. The Balaban J connectivity index is 2.36. The van der Waals surface area contributed by atoms with Crippen molar-refractivity contribution in [1.29, 1.82) is 0 Å². The highest BCUT2D eigenvalue weighted by Gasteiger charge is 2.35. The van der Waals surface area contributed by atoms with E-state index in [9.17, 15) is 13.2 Å². The lowest BCUT2D eigenvalue weighted by molar-refractivity contribution is -0.145. The van der Waals surface area contributed by atoms with E-state index in [1.54, 1.807) is 24.3 Å². The van der Waals surface area contributed by atoms with Crippen molar-refractivity contribution in [3.05, 3.63) is 41.3 Å². The predicted molar refractivity (Wildman–Crippen MR) is 69.2 cm³/mol. The first kappa shape index (κ1) is 14.9. The second-order valence-electron chi connectivity index (χ2n) is 3.60. The van der Waals surface area contributed by atoms with Crippen molar-refractivity contribution in [1.82, 2.24) is 9.97 Å². The van der Waals surface area contributed by atoms with Gasteiger partial charge in [0.15, 0.2) is 0 Å². The number of hydrogen-bond acceptors (Lipinski definition) is 4. The molecule has 0 radical (unpaired) electrons. The van der Waals surface area contributed by atoms with Crippen molar-refractivity contribution >= 4 is 23.4 Å². The van der Waals surface area contributed by atoms with Crippen LogP contribution in [0.2, 0.25) is 5.15 Å². The Morgan fingerprint density at radius 2 is 1.90 bits per heavy atom. The zero-order valence-electron chi connectivity index (χ0n) is 10.1. The summed E-state index contributed by atoms with van der Waals surface area (Å²) in [7, 11) is 1.48. The molecule has 1 aromatic carbocycles. The van der Waals surface area contributed by atoms with E-state index in [0.29, 0.717) is 10.6 Å². The van der Waals surface area contributed by atoms with Crippen LogP contribution in [0.4, 0.5) is 13.2 Å². The van der Waals surface area contributed by atoms with E-state index in [0.717, 1.165) is 11.8 Å². The molecule has 1 heterocycles. The number of rotatable bonds is 3. The molecule has 8 heteroatoms. The second-order valence-corrected chi connectivity index (χ2v) is 5.05. The summed E-state index contributed by atoms with van der Waals surface area (Å²) in [5.74, 6) is -0.719. The van der Waals surface area contributed by atoms with Gasteiger partial charge < -0.3 is 4.74 Å². The average Bonchev–Trinajstić information content (AvgIpc) is 2.37. The molecule has 3 nitrogen and oxygen atoms in total. The minimum absolute atomic E-state index is 0.0989. The van der Waals surface area contributed by atoms with Crippen LogP contribution < -0.4 is 4.74 Å². The standard InChI is InChI=1S/C12H8ClF3N2OS/c1-19-7-4-2-3-5-8(7)20-10-6-9(13)17-11(18-10)12(14,15)16/h2-6H,1H3. The van der Waals surface area contributed by atoms with Crippen LogP contribution in [0.3, 0.4) is 0 Å². The van der Waals surface area contributed by atoms with Gasteiger partial charge in [0.05, 0.1) is 12.0 Å². The van der Waals surface area contributed by atoms with Gasteiger partial charge >= 0.3 is 6.18 Å². The minimum atomic E-state index is -4.64. The van der Waals surface area contributed by atoms with Gasteiger partial charge in [0, 0.05) is 6.07 Å². The molecule has 0 spiro atoms. The first-order valence-corrected chi connectivity index (χ1v) is 6.52. The van der Waals surface area contributed by atoms with E-state index in [1.807, 2.05) is 0 Å². The summed E-state index contributed by atoms with van der Waals surface area (Å²) in [6, 6.07) is 8.20. The second kappa shape index (κ2) is 5.88. The van der Waals surface area contributed by atoms with Gasteiger partial charge in [-0.25, -0.2) is 9.97 Å². The smallest absolute Gasteiger partial charge is 0.451 e. The minimum Gasteiger partial charge on any atom is -0.496 e. The van der Waals surface area contributed by atoms with Gasteiger partial charge in [-0.2, -0.15) is 13.2 Å². The largest absolute Gasteiger partial charge is 0.496 e. The third kappa shape index (κ3) is 3.55. The van der Waals surface area contributed by atoms with Gasteiger partial charge in [0.1, 0.15) is 15.9 Å². The van der Waals surface area contributed by atoms with Gasteiger partial charge in [0.25, 0.3) is 0 Å². The van der Waals surface area contributed by atoms with Crippen LogP contribution in [0.25, 0.3) is 0 Å². The van der Waals surface area contributed by atoms with E-state index in [4.69, 9.17) is 16.3 Å². The lowest BCUT2D eigenvalue weighted by atomic mass is 10.3. The molecular weight excluding hydrogens is 313 g/mol. The lowest BCUT2D eigenvalue weighted by Crippen LogP contribution is -2.11. The van der Waals surface area contributed by atoms with E-state index in [2.05, 4.69) is 9.97 Å². The Kier molecular flexibility index (Phi) is 4.39. The SMILES string of the molecule is COc1ccccc1Sc1cc(Cl)nc(C(F)(F)F)n1. The van der Waals surface area contributed by atoms with Crippen molar-refractivity contribution in [3.63, 3.8) is 0 Å². The highest BCUT2D eigenvalue weighted by atomic mass is 35.5. The zero-order valence-corrected chi connectivity index (χ0v) is 11.7. The Morgan fingerprint density at radius 1 is 1.20 bits per heavy atom. The number of nitrogens with zero attached hydrogens (tertiary/aromatic N) is 2. The number of halogens is 4. The van der Waals surface area contributed by atoms with Crippen LogP contribution in [0.1, 0.15) is 5.82 Å². The molecule has 20 heavy (non-hydrogen) atoms. The maximum atomic E-state index is 12.6. The van der Waals surface area contributed by atoms with Crippen LogP contribution in [-0.2, 0) is 6.18 Å². The topological polar surface area (TPSA) is 35.0 Å². The maximum absolute atomic E-state index is 12.6. The van der Waals surface area contributed by atoms with Crippen LogP contribution in [-0.4, -0.2) is 17.1 Å². The van der Waals surface area contributed by atoms with E-state index in [-0.39, 0.29) is 10.2 Å². The normalized spacial score (nSPS) is 11.4. The quantitative estimate of drug-likeness (QED) is 0.789. The third-order valence-corrected chi connectivity index (χ3v) is 3.38. The molecule has 0 aliphatic rings. The zero-order chi connectivity index (χ0) is 14.8. The van der Waals surface area contributed by atoms with Crippen molar-refractivity contribution in [2.24, 2.45) is 0 Å². The lowest BCUT2D eigenvalue weighted by Gasteiger charge is -2.09. The first-order valence-electron chi connectivity index (χ1n) is 5.33. The molecule has 0 atom stereocenters. The number of hydrogen-bond donors (Lipinski definition) is 0. The summed E-state index contributed by atoms with van der Waals surface area (Å²) < 4.78 is 43.0. The molecule has 0 N–H and O–H groups in total. The number of aromatic nitrogens is 2. The summed E-state index contributed by atoms with van der Waals surface area (Å²) in [5.41, 5.74) is 0. The average molecular weight is 321 g/mol. The molecule has 106 valence electrons. The number of benzene rings is 1. The van der Waals surface area contributed by atoms with Crippen molar-refractivity contribution < 1.29 is 17.9 Å². The fraction of sp³-hybridized carbons (Fsp3) is 0.167. The van der Waals surface area contributed by atoms with Crippen LogP contribution >= 0.6 is 23.4 Å².